The highest BCUT2D eigenvalue weighted by Gasteiger charge is 2.35. The first-order valence-electron chi connectivity index (χ1n) is 5.99. The molecule has 17 heavy (non-hydrogen) atoms. The van der Waals surface area contributed by atoms with E-state index in [1.807, 2.05) is 12.1 Å². The Labute approximate surface area is 102 Å². The third-order valence-electron chi connectivity index (χ3n) is 3.69. The lowest BCUT2D eigenvalue weighted by Crippen LogP contribution is -2.25. The molecule has 1 aliphatic rings. The molecule has 0 spiro atoms. The molecule has 1 fully saturated rings. The second-order valence-electron chi connectivity index (χ2n) is 4.63. The second kappa shape index (κ2) is 5.15. The fourth-order valence-electron chi connectivity index (χ4n) is 2.73. The van der Waals surface area contributed by atoms with E-state index in [2.05, 4.69) is 17.1 Å². The molecule has 0 saturated heterocycles. The third kappa shape index (κ3) is 2.40. The number of ether oxygens (including phenoxy) is 1. The Kier molecular flexibility index (Phi) is 3.60. The van der Waals surface area contributed by atoms with Crippen molar-refractivity contribution in [1.29, 1.82) is 0 Å². The third-order valence-corrected chi connectivity index (χ3v) is 3.69. The van der Waals surface area contributed by atoms with Crippen LogP contribution in [0.1, 0.15) is 31.2 Å². The van der Waals surface area contributed by atoms with Gasteiger partial charge in [-0.3, -0.25) is 0 Å². The maximum Gasteiger partial charge on any atom is 0.234 e. The van der Waals surface area contributed by atoms with Crippen molar-refractivity contribution < 1.29 is 9.53 Å². The highest BCUT2D eigenvalue weighted by Crippen LogP contribution is 2.42. The summed E-state index contributed by atoms with van der Waals surface area (Å²) in [6.07, 6.45) is 6.24. The molecule has 3 heteroatoms. The number of carbonyl (C=O) groups excluding carboxylic acids is 1. The number of hydrogen-bond donors (Lipinski definition) is 0. The maximum absolute atomic E-state index is 10.3. The molecule has 0 bridgehead atoms. The Morgan fingerprint density at radius 3 is 2.82 bits per heavy atom. The molecule has 2 rings (SSSR count). The van der Waals surface area contributed by atoms with Gasteiger partial charge in [-0.2, -0.15) is 0 Å². The number of rotatable bonds is 4. The van der Waals surface area contributed by atoms with Crippen LogP contribution in [-0.2, 0) is 10.2 Å². The molecule has 0 amide bonds. The topological polar surface area (TPSA) is 38.7 Å². The van der Waals surface area contributed by atoms with E-state index >= 15 is 0 Å². The van der Waals surface area contributed by atoms with Crippen LogP contribution < -0.4 is 4.74 Å². The van der Waals surface area contributed by atoms with Gasteiger partial charge in [0, 0.05) is 5.41 Å². The molecule has 0 atom stereocenters. The smallest absolute Gasteiger partial charge is 0.234 e. The normalized spacial score (nSPS) is 17.5. The lowest BCUT2D eigenvalue weighted by molar-refractivity contribution is 0.407. The zero-order valence-corrected chi connectivity index (χ0v) is 10.1. The summed E-state index contributed by atoms with van der Waals surface area (Å²) in [6, 6.07) is 8.10. The van der Waals surface area contributed by atoms with E-state index in [0.29, 0.717) is 6.54 Å². The fraction of sp³-hybridized carbons (Fsp3) is 0.500. The lowest BCUT2D eigenvalue weighted by Gasteiger charge is -2.27. The molecule has 90 valence electrons. The molecule has 1 saturated carbocycles. The zero-order valence-electron chi connectivity index (χ0n) is 10.1. The largest absolute Gasteiger partial charge is 0.497 e. The minimum atomic E-state index is 0.0198. The van der Waals surface area contributed by atoms with Gasteiger partial charge in [0.05, 0.1) is 13.7 Å². The number of isocyanates is 1. The van der Waals surface area contributed by atoms with Crippen LogP contribution in [-0.4, -0.2) is 19.7 Å². The average Bonchev–Trinajstić information content (AvgIpc) is 2.86. The molecule has 0 heterocycles. The van der Waals surface area contributed by atoms with Crippen molar-refractivity contribution in [2.75, 3.05) is 13.7 Å². The Hall–Kier alpha value is -1.60. The van der Waals surface area contributed by atoms with Crippen molar-refractivity contribution >= 4 is 6.08 Å². The Bertz CT molecular complexity index is 430. The summed E-state index contributed by atoms with van der Waals surface area (Å²) in [5.41, 5.74) is 1.25. The van der Waals surface area contributed by atoms with Crippen LogP contribution >= 0.6 is 0 Å². The van der Waals surface area contributed by atoms with Crippen molar-refractivity contribution in [2.45, 2.75) is 31.1 Å². The number of methoxy groups -OCH3 is 1. The van der Waals surface area contributed by atoms with E-state index in [4.69, 9.17) is 4.74 Å². The van der Waals surface area contributed by atoms with E-state index in [1.165, 1.54) is 18.4 Å². The van der Waals surface area contributed by atoms with Crippen molar-refractivity contribution in [3.05, 3.63) is 29.8 Å². The van der Waals surface area contributed by atoms with Crippen molar-refractivity contribution in [1.82, 2.24) is 0 Å². The summed E-state index contributed by atoms with van der Waals surface area (Å²) in [5, 5.41) is 0. The highest BCUT2D eigenvalue weighted by atomic mass is 16.5. The first kappa shape index (κ1) is 11.9. The maximum atomic E-state index is 10.3. The second-order valence-corrected chi connectivity index (χ2v) is 4.63. The Balaban J connectivity index is 2.34. The Morgan fingerprint density at radius 2 is 2.18 bits per heavy atom. The molecule has 0 N–H and O–H groups in total. The van der Waals surface area contributed by atoms with E-state index in [1.54, 1.807) is 13.2 Å². The van der Waals surface area contributed by atoms with E-state index < -0.39 is 0 Å². The van der Waals surface area contributed by atoms with Gasteiger partial charge in [-0.15, -0.1) is 0 Å². The molecule has 3 nitrogen and oxygen atoms in total. The molecular formula is C14H17NO2. The number of hydrogen-bond acceptors (Lipinski definition) is 3. The van der Waals surface area contributed by atoms with Crippen LogP contribution in [0.15, 0.2) is 29.3 Å². The van der Waals surface area contributed by atoms with Crippen molar-refractivity contribution in [3.63, 3.8) is 0 Å². The number of benzene rings is 1. The van der Waals surface area contributed by atoms with E-state index in [-0.39, 0.29) is 5.41 Å². The van der Waals surface area contributed by atoms with Crippen molar-refractivity contribution in [3.8, 4) is 5.75 Å². The van der Waals surface area contributed by atoms with Crippen molar-refractivity contribution in [2.24, 2.45) is 4.99 Å². The summed E-state index contributed by atoms with van der Waals surface area (Å²) in [6.45, 7) is 0.545. The summed E-state index contributed by atoms with van der Waals surface area (Å²) < 4.78 is 5.26. The van der Waals surface area contributed by atoms with Gasteiger partial charge in [-0.05, 0) is 30.5 Å². The Morgan fingerprint density at radius 1 is 1.41 bits per heavy atom. The molecule has 1 aliphatic carbocycles. The van der Waals surface area contributed by atoms with Crippen LogP contribution in [0.4, 0.5) is 0 Å². The van der Waals surface area contributed by atoms with Gasteiger partial charge in [0.2, 0.25) is 6.08 Å². The minimum Gasteiger partial charge on any atom is -0.497 e. The van der Waals surface area contributed by atoms with Gasteiger partial charge in [-0.1, -0.05) is 25.0 Å². The molecule has 1 aromatic rings. The average molecular weight is 231 g/mol. The first-order chi connectivity index (χ1) is 8.30. The molecule has 0 aromatic heterocycles. The predicted octanol–water partition coefficient (Wildman–Crippen LogP) is 2.84. The summed E-state index contributed by atoms with van der Waals surface area (Å²) in [4.78, 5) is 14.2. The SMILES string of the molecule is COc1cccc(C2(CN=C=O)CCCC2)c1. The van der Waals surface area contributed by atoms with Gasteiger partial charge in [0.1, 0.15) is 5.75 Å². The first-order valence-corrected chi connectivity index (χ1v) is 5.99. The van der Waals surface area contributed by atoms with Gasteiger partial charge in [0.15, 0.2) is 0 Å². The molecule has 0 radical (unpaired) electrons. The minimum absolute atomic E-state index is 0.0198. The summed E-state index contributed by atoms with van der Waals surface area (Å²) in [7, 11) is 1.67. The summed E-state index contributed by atoms with van der Waals surface area (Å²) >= 11 is 0. The molecule has 0 unspecified atom stereocenters. The van der Waals surface area contributed by atoms with E-state index in [9.17, 15) is 4.79 Å². The number of nitrogens with zero attached hydrogens (tertiary/aromatic N) is 1. The quantitative estimate of drug-likeness (QED) is 0.590. The van der Waals surface area contributed by atoms with Gasteiger partial charge in [0.25, 0.3) is 0 Å². The molecular weight excluding hydrogens is 214 g/mol. The van der Waals surface area contributed by atoms with Gasteiger partial charge < -0.3 is 4.74 Å². The van der Waals surface area contributed by atoms with Crippen LogP contribution in [0, 0.1) is 0 Å². The molecule has 1 aromatic carbocycles. The van der Waals surface area contributed by atoms with Crippen LogP contribution in [0.25, 0.3) is 0 Å². The number of aliphatic imine (C=N–C) groups is 1. The predicted molar refractivity (Wildman–Crippen MR) is 66.1 cm³/mol. The van der Waals surface area contributed by atoms with E-state index in [0.717, 1.165) is 18.6 Å². The monoisotopic (exact) mass is 231 g/mol. The van der Waals surface area contributed by atoms with Crippen LogP contribution in [0.2, 0.25) is 0 Å². The van der Waals surface area contributed by atoms with Gasteiger partial charge in [-0.25, -0.2) is 9.79 Å². The van der Waals surface area contributed by atoms with Gasteiger partial charge >= 0.3 is 0 Å². The van der Waals surface area contributed by atoms with Crippen LogP contribution in [0.5, 0.6) is 5.75 Å². The standard InChI is InChI=1S/C14H17NO2/c1-17-13-6-4-5-12(9-13)14(10-15-11-16)7-2-3-8-14/h4-6,9H,2-3,7-8,10H2,1H3. The summed E-state index contributed by atoms with van der Waals surface area (Å²) in [5.74, 6) is 0.865. The highest BCUT2D eigenvalue weighted by molar-refractivity contribution is 5.37. The fourth-order valence-corrected chi connectivity index (χ4v) is 2.73. The van der Waals surface area contributed by atoms with Crippen LogP contribution in [0.3, 0.4) is 0 Å². The zero-order chi connectivity index (χ0) is 12.1. The lowest BCUT2D eigenvalue weighted by atomic mass is 9.79. The molecule has 0 aliphatic heterocycles.